The molecule has 1 aromatic heterocycles. The van der Waals surface area contributed by atoms with Gasteiger partial charge in [0.05, 0.1) is 12.6 Å². The summed E-state index contributed by atoms with van der Waals surface area (Å²) in [4.78, 5) is 12.6. The van der Waals surface area contributed by atoms with Crippen LogP contribution in [0.2, 0.25) is 0 Å². The number of amides is 2. The number of anilines is 1. The average Bonchev–Trinajstić information content (AvgIpc) is 3.47. The van der Waals surface area contributed by atoms with Crippen molar-refractivity contribution < 1.29 is 14.5 Å². The molecule has 29 heavy (non-hydrogen) atoms. The number of hydrogen-bond donors (Lipinski definition) is 3. The van der Waals surface area contributed by atoms with Gasteiger partial charge in [-0.3, -0.25) is 9.40 Å². The molecule has 0 radical (unpaired) electrons. The highest BCUT2D eigenvalue weighted by Gasteiger charge is 2.25. The van der Waals surface area contributed by atoms with E-state index in [1.807, 2.05) is 18.3 Å². The Labute approximate surface area is 174 Å². The third-order valence-electron chi connectivity index (χ3n) is 5.82. The highest BCUT2D eigenvalue weighted by Crippen LogP contribution is 2.38. The normalized spacial score (nSPS) is 19.9. The van der Waals surface area contributed by atoms with Gasteiger partial charge in [0.15, 0.2) is 0 Å². The second kappa shape index (κ2) is 7.89. The fraction of sp³-hybridized carbons (Fsp3) is 0.400. The molecule has 2 aromatic rings. The Hall–Kier alpha value is -2.23. The smallest absolute Gasteiger partial charge is 0.423 e. The Morgan fingerprint density at radius 1 is 1.24 bits per heavy atom. The van der Waals surface area contributed by atoms with E-state index in [2.05, 4.69) is 21.2 Å². The van der Waals surface area contributed by atoms with Crippen LogP contribution in [0.1, 0.15) is 41.1 Å². The molecule has 1 unspecified atom stereocenters. The number of fused-ring (bicyclic) bond motifs is 2. The van der Waals surface area contributed by atoms with Gasteiger partial charge < -0.3 is 15.0 Å². The molecule has 2 heterocycles. The predicted molar refractivity (Wildman–Crippen MR) is 113 cm³/mol. The fourth-order valence-electron chi connectivity index (χ4n) is 4.46. The maximum Gasteiger partial charge on any atom is 0.483 e. The first-order chi connectivity index (χ1) is 14.2. The Kier molecular flexibility index (Phi) is 5.11. The Morgan fingerprint density at radius 3 is 2.69 bits per heavy atom. The molecule has 150 valence electrons. The number of carbonyl (C=O) groups is 1. The standard InChI is InChI=1S/C20H23BN4O3S/c26-20(22-19-16-5-1-3-13(16)11-14-4-2-6-17(14)19)24-29-18-8-10-25(23-18)15-7-9-21(27)28-12-15/h7-11,15,27H,1-6,12H2,(H2,22,24,26). The minimum atomic E-state index is -0.845. The van der Waals surface area contributed by atoms with Gasteiger partial charge >= 0.3 is 13.1 Å². The number of nitrogens with one attached hydrogen (secondary N) is 2. The summed E-state index contributed by atoms with van der Waals surface area (Å²) in [6.07, 6.45) is 10.3. The fourth-order valence-corrected chi connectivity index (χ4v) is 4.97. The van der Waals surface area contributed by atoms with Crippen LogP contribution in [-0.2, 0) is 30.3 Å². The summed E-state index contributed by atoms with van der Waals surface area (Å²) in [6, 6.07) is 3.93. The molecule has 5 rings (SSSR count). The molecule has 0 spiro atoms. The van der Waals surface area contributed by atoms with Crippen LogP contribution < -0.4 is 10.0 Å². The zero-order valence-corrected chi connectivity index (χ0v) is 16.9. The Bertz CT molecular complexity index is 945. The average molecular weight is 410 g/mol. The number of rotatable bonds is 4. The number of hydrogen-bond acceptors (Lipinski definition) is 5. The molecule has 0 fully saturated rings. The van der Waals surface area contributed by atoms with E-state index >= 15 is 0 Å². The van der Waals surface area contributed by atoms with Crippen molar-refractivity contribution in [3.8, 4) is 0 Å². The lowest BCUT2D eigenvalue weighted by Gasteiger charge is -2.18. The Balaban J connectivity index is 1.24. The molecule has 1 aliphatic heterocycles. The van der Waals surface area contributed by atoms with E-state index in [1.165, 1.54) is 34.2 Å². The summed E-state index contributed by atoms with van der Waals surface area (Å²) < 4.78 is 9.83. The number of benzene rings is 1. The van der Waals surface area contributed by atoms with Gasteiger partial charge in [-0.05, 0) is 66.8 Å². The second-order valence-corrected chi connectivity index (χ2v) is 8.53. The first kappa shape index (κ1) is 18.8. The zero-order chi connectivity index (χ0) is 19.8. The SMILES string of the molecule is O=C(NSc1ccn(C2C=CB(O)OC2)n1)Nc1c2c(cc3c1CCC3)CCC2. The van der Waals surface area contributed by atoms with E-state index in [1.54, 1.807) is 10.7 Å². The van der Waals surface area contributed by atoms with Gasteiger partial charge in [0.2, 0.25) is 0 Å². The third-order valence-corrected chi connectivity index (χ3v) is 6.53. The Morgan fingerprint density at radius 2 is 2.00 bits per heavy atom. The molecular weight excluding hydrogens is 387 g/mol. The monoisotopic (exact) mass is 410 g/mol. The number of nitrogens with zero attached hydrogens (tertiary/aromatic N) is 2. The first-order valence-electron chi connectivity index (χ1n) is 10.1. The van der Waals surface area contributed by atoms with Crippen molar-refractivity contribution in [2.24, 2.45) is 0 Å². The number of carbonyl (C=O) groups excluding carboxylic acids is 1. The molecule has 0 saturated carbocycles. The molecular formula is C20H23BN4O3S. The quantitative estimate of drug-likeness (QED) is 0.533. The van der Waals surface area contributed by atoms with Crippen molar-refractivity contribution in [1.29, 1.82) is 0 Å². The molecule has 3 N–H and O–H groups in total. The van der Waals surface area contributed by atoms with Gasteiger partial charge in [-0.2, -0.15) is 5.10 Å². The molecule has 2 amide bonds. The lowest BCUT2D eigenvalue weighted by molar-refractivity contribution is 0.222. The maximum atomic E-state index is 12.6. The van der Waals surface area contributed by atoms with Crippen LogP contribution in [0.3, 0.4) is 0 Å². The minimum absolute atomic E-state index is 0.0592. The van der Waals surface area contributed by atoms with Gasteiger partial charge in [-0.1, -0.05) is 18.1 Å². The van der Waals surface area contributed by atoms with Crippen LogP contribution in [0.4, 0.5) is 10.5 Å². The molecule has 9 heteroatoms. The number of aromatic nitrogens is 2. The van der Waals surface area contributed by atoms with Crippen molar-refractivity contribution in [2.75, 3.05) is 11.9 Å². The van der Waals surface area contributed by atoms with Crippen molar-refractivity contribution in [3.05, 3.63) is 52.6 Å². The minimum Gasteiger partial charge on any atom is -0.423 e. The zero-order valence-electron chi connectivity index (χ0n) is 16.1. The van der Waals surface area contributed by atoms with Crippen molar-refractivity contribution >= 4 is 30.8 Å². The number of aryl methyl sites for hydroxylation is 2. The summed E-state index contributed by atoms with van der Waals surface area (Å²) in [5.41, 5.74) is 6.49. The maximum absolute atomic E-state index is 12.6. The molecule has 2 aliphatic carbocycles. The molecule has 7 nitrogen and oxygen atoms in total. The summed E-state index contributed by atoms with van der Waals surface area (Å²) in [7, 11) is -0.845. The second-order valence-electron chi connectivity index (χ2n) is 7.70. The van der Waals surface area contributed by atoms with Crippen molar-refractivity contribution in [2.45, 2.75) is 49.6 Å². The van der Waals surface area contributed by atoms with Gasteiger partial charge in [0.25, 0.3) is 0 Å². The number of urea groups is 1. The van der Waals surface area contributed by atoms with E-state index in [0.717, 1.165) is 44.2 Å². The summed E-state index contributed by atoms with van der Waals surface area (Å²) in [5.74, 6) is 1.60. The van der Waals surface area contributed by atoms with Crippen molar-refractivity contribution in [1.82, 2.24) is 14.5 Å². The van der Waals surface area contributed by atoms with E-state index in [4.69, 9.17) is 4.65 Å². The van der Waals surface area contributed by atoms with Gasteiger partial charge in [0.1, 0.15) is 5.03 Å². The largest absolute Gasteiger partial charge is 0.483 e. The van der Waals surface area contributed by atoms with Crippen LogP contribution in [0.25, 0.3) is 0 Å². The highest BCUT2D eigenvalue weighted by molar-refractivity contribution is 7.97. The predicted octanol–water partition coefficient (Wildman–Crippen LogP) is 2.84. The molecule has 1 aromatic carbocycles. The van der Waals surface area contributed by atoms with Crippen LogP contribution in [0, 0.1) is 0 Å². The molecule has 1 atom stereocenters. The first-order valence-corrected chi connectivity index (χ1v) is 10.9. The molecule has 0 saturated heterocycles. The molecule has 0 bridgehead atoms. The van der Waals surface area contributed by atoms with Gasteiger partial charge in [0, 0.05) is 23.8 Å². The van der Waals surface area contributed by atoms with Gasteiger partial charge in [-0.25, -0.2) is 4.79 Å². The van der Waals surface area contributed by atoms with Gasteiger partial charge in [-0.15, -0.1) is 0 Å². The van der Waals surface area contributed by atoms with Crippen LogP contribution >= 0.6 is 11.9 Å². The highest BCUT2D eigenvalue weighted by atomic mass is 32.2. The van der Waals surface area contributed by atoms with Crippen molar-refractivity contribution in [3.63, 3.8) is 0 Å². The van der Waals surface area contributed by atoms with Crippen LogP contribution in [0.5, 0.6) is 0 Å². The van der Waals surface area contributed by atoms with E-state index < -0.39 is 7.12 Å². The summed E-state index contributed by atoms with van der Waals surface area (Å²) in [6.45, 7) is 0.363. The van der Waals surface area contributed by atoms with E-state index in [-0.39, 0.29) is 12.1 Å². The molecule has 3 aliphatic rings. The lowest BCUT2D eigenvalue weighted by atomic mass is 9.87. The topological polar surface area (TPSA) is 88.4 Å². The summed E-state index contributed by atoms with van der Waals surface area (Å²) >= 11 is 1.19. The van der Waals surface area contributed by atoms with Crippen LogP contribution in [-0.4, -0.2) is 34.6 Å². The van der Waals surface area contributed by atoms with E-state index in [0.29, 0.717) is 11.6 Å². The third kappa shape index (κ3) is 3.82. The summed E-state index contributed by atoms with van der Waals surface area (Å²) in [5, 5.41) is 17.7. The lowest BCUT2D eigenvalue weighted by Crippen LogP contribution is -2.27. The van der Waals surface area contributed by atoms with Crippen LogP contribution in [0.15, 0.2) is 35.4 Å². The van der Waals surface area contributed by atoms with E-state index in [9.17, 15) is 9.82 Å².